The molecule has 100 valence electrons. The molecular weight excluding hydrogens is 249 g/mol. The second-order valence-corrected chi connectivity index (χ2v) is 4.20. The fraction of sp³-hybridized carbons (Fsp3) is 0.231. The number of anilines is 1. The summed E-state index contributed by atoms with van der Waals surface area (Å²) in [6, 6.07) is 6.94. The summed E-state index contributed by atoms with van der Waals surface area (Å²) in [4.78, 5) is 11.7. The lowest BCUT2D eigenvalue weighted by molar-refractivity contribution is 0.249. The molecule has 2 amide bonds. The van der Waals surface area contributed by atoms with Gasteiger partial charge < -0.3 is 9.84 Å². The van der Waals surface area contributed by atoms with Crippen LogP contribution >= 0.6 is 0 Å². The Morgan fingerprint density at radius 2 is 2.21 bits per heavy atom. The van der Waals surface area contributed by atoms with Gasteiger partial charge in [-0.1, -0.05) is 17.3 Å². The van der Waals surface area contributed by atoms with Crippen molar-refractivity contribution in [2.45, 2.75) is 19.9 Å². The smallest absolute Gasteiger partial charge is 0.320 e. The Morgan fingerprint density at radius 3 is 2.84 bits per heavy atom. The lowest BCUT2D eigenvalue weighted by Gasteiger charge is -2.14. The van der Waals surface area contributed by atoms with Crippen LogP contribution in [0.4, 0.5) is 15.0 Å². The first-order valence-corrected chi connectivity index (χ1v) is 5.81. The predicted octanol–water partition coefficient (Wildman–Crippen LogP) is 3.00. The number of aryl methyl sites for hydroxylation is 1. The standard InChI is InChI=1S/C13H14FN3O2/c1-8-6-12(17-19-8)16-13(18)15-9(2)10-4-3-5-11(14)7-10/h3-7,9H,1-2H3,(H2,15,16,17,18)/t9-/m1/s1. The van der Waals surface area contributed by atoms with Gasteiger partial charge >= 0.3 is 6.03 Å². The van der Waals surface area contributed by atoms with Crippen molar-refractivity contribution in [2.24, 2.45) is 0 Å². The Bertz CT molecular complexity index is 583. The minimum Gasteiger partial charge on any atom is -0.360 e. The first-order chi connectivity index (χ1) is 9.04. The fourth-order valence-corrected chi connectivity index (χ4v) is 1.63. The molecule has 5 nitrogen and oxygen atoms in total. The zero-order chi connectivity index (χ0) is 13.8. The first kappa shape index (κ1) is 13.1. The lowest BCUT2D eigenvalue weighted by atomic mass is 10.1. The monoisotopic (exact) mass is 263 g/mol. The molecule has 0 aliphatic heterocycles. The molecule has 6 heteroatoms. The van der Waals surface area contributed by atoms with Crippen molar-refractivity contribution in [3.8, 4) is 0 Å². The van der Waals surface area contributed by atoms with Crippen LogP contribution in [0.15, 0.2) is 34.9 Å². The highest BCUT2D eigenvalue weighted by Crippen LogP contribution is 2.14. The number of nitrogens with zero attached hydrogens (tertiary/aromatic N) is 1. The molecular formula is C13H14FN3O2. The maximum Gasteiger partial charge on any atom is 0.320 e. The Hall–Kier alpha value is -2.37. The van der Waals surface area contributed by atoms with Crippen molar-refractivity contribution >= 4 is 11.8 Å². The van der Waals surface area contributed by atoms with Crippen LogP contribution in [0.2, 0.25) is 0 Å². The molecule has 2 aromatic rings. The molecule has 0 bridgehead atoms. The van der Waals surface area contributed by atoms with Crippen molar-refractivity contribution in [1.29, 1.82) is 0 Å². The second kappa shape index (κ2) is 5.51. The maximum atomic E-state index is 13.1. The Morgan fingerprint density at radius 1 is 1.42 bits per heavy atom. The van der Waals surface area contributed by atoms with Crippen LogP contribution in [-0.4, -0.2) is 11.2 Å². The molecule has 1 aromatic heterocycles. The van der Waals surface area contributed by atoms with E-state index in [1.807, 2.05) is 0 Å². The average molecular weight is 263 g/mol. The van der Waals surface area contributed by atoms with Gasteiger partial charge in [-0.3, -0.25) is 5.32 Å². The molecule has 1 heterocycles. The van der Waals surface area contributed by atoms with Gasteiger partial charge in [0.25, 0.3) is 0 Å². The van der Waals surface area contributed by atoms with Crippen LogP contribution in [0.25, 0.3) is 0 Å². The van der Waals surface area contributed by atoms with Crippen molar-refractivity contribution in [2.75, 3.05) is 5.32 Å². The highest BCUT2D eigenvalue weighted by Gasteiger charge is 2.11. The number of urea groups is 1. The van der Waals surface area contributed by atoms with E-state index in [0.29, 0.717) is 17.1 Å². The second-order valence-electron chi connectivity index (χ2n) is 4.20. The van der Waals surface area contributed by atoms with E-state index in [2.05, 4.69) is 15.8 Å². The molecule has 0 fully saturated rings. The third-order valence-electron chi connectivity index (χ3n) is 2.57. The number of aromatic nitrogens is 1. The molecule has 0 aliphatic rings. The van der Waals surface area contributed by atoms with Gasteiger partial charge in [0, 0.05) is 6.07 Å². The summed E-state index contributed by atoms with van der Waals surface area (Å²) < 4.78 is 17.9. The molecule has 1 aromatic carbocycles. The molecule has 0 spiro atoms. The van der Waals surface area contributed by atoms with Crippen LogP contribution in [-0.2, 0) is 0 Å². The number of halogens is 1. The van der Waals surface area contributed by atoms with Crippen molar-refractivity contribution < 1.29 is 13.7 Å². The zero-order valence-corrected chi connectivity index (χ0v) is 10.6. The van der Waals surface area contributed by atoms with Gasteiger partial charge in [0.2, 0.25) is 0 Å². The molecule has 1 atom stereocenters. The lowest BCUT2D eigenvalue weighted by Crippen LogP contribution is -2.31. The number of hydrogen-bond donors (Lipinski definition) is 2. The predicted molar refractivity (Wildman–Crippen MR) is 68.2 cm³/mol. The van der Waals surface area contributed by atoms with Crippen molar-refractivity contribution in [1.82, 2.24) is 10.5 Å². The van der Waals surface area contributed by atoms with Gasteiger partial charge in [0.15, 0.2) is 5.82 Å². The highest BCUT2D eigenvalue weighted by atomic mass is 19.1. The van der Waals surface area contributed by atoms with Crippen LogP contribution in [0.3, 0.4) is 0 Å². The third kappa shape index (κ3) is 3.54. The van der Waals surface area contributed by atoms with Gasteiger partial charge in [0.05, 0.1) is 6.04 Å². The molecule has 2 rings (SSSR count). The molecule has 19 heavy (non-hydrogen) atoms. The summed E-state index contributed by atoms with van der Waals surface area (Å²) >= 11 is 0. The number of carbonyl (C=O) groups excluding carboxylic acids is 1. The van der Waals surface area contributed by atoms with E-state index in [0.717, 1.165) is 0 Å². The minimum absolute atomic E-state index is 0.316. The number of hydrogen-bond acceptors (Lipinski definition) is 3. The van der Waals surface area contributed by atoms with Gasteiger partial charge in [-0.05, 0) is 31.5 Å². The SMILES string of the molecule is Cc1cc(NC(=O)N[C@H](C)c2cccc(F)c2)no1. The Kier molecular flexibility index (Phi) is 3.79. The van der Waals surface area contributed by atoms with Crippen LogP contribution < -0.4 is 10.6 Å². The Labute approximate surface area is 109 Å². The Balaban J connectivity index is 1.95. The quantitative estimate of drug-likeness (QED) is 0.894. The molecule has 0 aliphatic carbocycles. The summed E-state index contributed by atoms with van der Waals surface area (Å²) in [6.07, 6.45) is 0. The minimum atomic E-state index is -0.426. The molecule has 0 saturated carbocycles. The molecule has 2 N–H and O–H groups in total. The summed E-state index contributed by atoms with van der Waals surface area (Å²) in [5.41, 5.74) is 0.687. The van der Waals surface area contributed by atoms with Crippen LogP contribution in [0.1, 0.15) is 24.3 Å². The van der Waals surface area contributed by atoms with Gasteiger partial charge in [-0.15, -0.1) is 0 Å². The largest absolute Gasteiger partial charge is 0.360 e. The summed E-state index contributed by atoms with van der Waals surface area (Å²) in [7, 11) is 0. The molecule has 0 saturated heterocycles. The highest BCUT2D eigenvalue weighted by molar-refractivity contribution is 5.88. The third-order valence-corrected chi connectivity index (χ3v) is 2.57. The number of amides is 2. The number of nitrogens with one attached hydrogen (secondary N) is 2. The van der Waals surface area contributed by atoms with Crippen molar-refractivity contribution in [3.63, 3.8) is 0 Å². The summed E-state index contributed by atoms with van der Waals surface area (Å²) in [5, 5.41) is 8.86. The van der Waals surface area contributed by atoms with Crippen LogP contribution in [0, 0.1) is 12.7 Å². The van der Waals surface area contributed by atoms with E-state index >= 15 is 0 Å². The van der Waals surface area contributed by atoms with Gasteiger partial charge in [-0.2, -0.15) is 0 Å². The number of benzene rings is 1. The van der Waals surface area contributed by atoms with E-state index < -0.39 is 6.03 Å². The fourth-order valence-electron chi connectivity index (χ4n) is 1.63. The summed E-state index contributed by atoms with van der Waals surface area (Å²) in [5.74, 6) is 0.605. The van der Waals surface area contributed by atoms with Crippen LogP contribution in [0.5, 0.6) is 0 Å². The van der Waals surface area contributed by atoms with E-state index in [4.69, 9.17) is 4.52 Å². The van der Waals surface area contributed by atoms with Gasteiger partial charge in [0.1, 0.15) is 11.6 Å². The van der Waals surface area contributed by atoms with E-state index in [9.17, 15) is 9.18 Å². The maximum absolute atomic E-state index is 13.1. The normalized spacial score (nSPS) is 11.9. The first-order valence-electron chi connectivity index (χ1n) is 5.81. The van der Waals surface area contributed by atoms with Gasteiger partial charge in [-0.25, -0.2) is 9.18 Å². The topological polar surface area (TPSA) is 67.2 Å². The van der Waals surface area contributed by atoms with Crippen molar-refractivity contribution in [3.05, 3.63) is 47.5 Å². The van der Waals surface area contributed by atoms with E-state index in [1.54, 1.807) is 32.0 Å². The van der Waals surface area contributed by atoms with E-state index in [1.165, 1.54) is 12.1 Å². The molecule has 0 radical (unpaired) electrons. The van der Waals surface area contributed by atoms with E-state index in [-0.39, 0.29) is 11.9 Å². The number of carbonyl (C=O) groups is 1. The summed E-state index contributed by atoms with van der Waals surface area (Å²) in [6.45, 7) is 3.49. The average Bonchev–Trinajstić information content (AvgIpc) is 2.74. The number of rotatable bonds is 3. The zero-order valence-electron chi connectivity index (χ0n) is 10.6. The molecule has 0 unspecified atom stereocenters.